The number of H-pyrrole nitrogens is 2. The molecule has 1 aliphatic carbocycles. The number of rotatable bonds is 10. The van der Waals surface area contributed by atoms with Gasteiger partial charge in [-0.2, -0.15) is 10.2 Å². The molecule has 2 atom stereocenters. The molecule has 8 aromatic rings. The molecule has 2 saturated heterocycles. The van der Waals surface area contributed by atoms with Crippen LogP contribution in [0.25, 0.3) is 33.3 Å². The molecule has 8 heterocycles. The summed E-state index contributed by atoms with van der Waals surface area (Å²) in [4.78, 5) is 43.0. The number of hydrogen-bond donors (Lipinski definition) is 7. The van der Waals surface area contributed by atoms with Gasteiger partial charge in [-0.25, -0.2) is 14.8 Å². The number of nitrogens with one attached hydrogen (secondary N) is 2. The summed E-state index contributed by atoms with van der Waals surface area (Å²) in [5, 5.41) is 20.0. The standard InChI is InChI=1S/C26H29N7O.C11H14ClN5.C11H10N2O2/c27-18-7-4-10-32(14-18)24-19(17-8-9-17)11-29-26-22(24)20(12-30-26)23-21(25(28)34)15-33(31-23)13-16-5-2-1-3-6-16;12-7-3-15-11-9(8(14)4-16-11)10(7)17-2-1-6(13)5-17;14-11(15)10-6-12-13(8-10)7-9-4-2-1-3-5-9/h1-3,5-6,11-12,15,17-18H,4,7-10,13-14,27H2,(H2,28,34)(H,29,30);3-4,6H,1-2,5,13-14H2,(H,15,16);1-6,8H,7H2,(H,14,15)/t18-;6-;/m11./s1. The number of fused-ring (bicyclic) bond motifs is 2. The van der Waals surface area contributed by atoms with E-state index >= 15 is 0 Å². The third-order valence-electron chi connectivity index (χ3n) is 12.2. The maximum absolute atomic E-state index is 12.4. The van der Waals surface area contributed by atoms with Crippen LogP contribution >= 0.6 is 11.6 Å². The number of carboxylic acids is 1. The number of carboxylic acid groups (broad SMARTS) is 1. The minimum atomic E-state index is -0.950. The molecule has 11 rings (SSSR count). The van der Waals surface area contributed by atoms with Crippen LogP contribution in [0, 0.1) is 0 Å². The van der Waals surface area contributed by atoms with Gasteiger partial charge in [0.15, 0.2) is 0 Å². The van der Waals surface area contributed by atoms with E-state index in [9.17, 15) is 9.59 Å². The third-order valence-corrected chi connectivity index (χ3v) is 12.5. The van der Waals surface area contributed by atoms with Gasteiger partial charge < -0.3 is 47.8 Å². The van der Waals surface area contributed by atoms with Crippen LogP contribution in [0.2, 0.25) is 5.02 Å². The fraction of sp³-hybridized carbons (Fsp3) is 0.292. The Kier molecular flexibility index (Phi) is 12.7. The number of nitrogens with zero attached hydrogens (tertiary/aromatic N) is 8. The number of pyridine rings is 2. The van der Waals surface area contributed by atoms with Crippen LogP contribution in [0.3, 0.4) is 0 Å². The van der Waals surface area contributed by atoms with E-state index in [1.165, 1.54) is 36.5 Å². The smallest absolute Gasteiger partial charge is 0.338 e. The van der Waals surface area contributed by atoms with Crippen molar-refractivity contribution in [1.82, 2.24) is 39.5 Å². The molecule has 3 fully saturated rings. The number of benzene rings is 2. The van der Waals surface area contributed by atoms with E-state index in [0.717, 1.165) is 89.9 Å². The fourth-order valence-electron chi connectivity index (χ4n) is 8.89. The lowest BCUT2D eigenvalue weighted by molar-refractivity contribution is 0.0696. The quantitative estimate of drug-likeness (QED) is 0.0793. The molecule has 340 valence electrons. The number of primary amides is 1. The number of aromatic nitrogens is 8. The molecule has 0 unspecified atom stereocenters. The number of anilines is 3. The Labute approximate surface area is 385 Å². The highest BCUT2D eigenvalue weighted by Gasteiger charge is 2.33. The minimum Gasteiger partial charge on any atom is -0.478 e. The highest BCUT2D eigenvalue weighted by Crippen LogP contribution is 2.48. The molecule has 18 heteroatoms. The SMILES string of the molecule is NC(=O)c1cn(Cc2ccccc2)nc1-c1c[nH]c2ncc(C3CC3)c(N3CCC[C@@H](N)C3)c12.Nc1c[nH]c2ncc(Cl)c(N3CC[C@@H](N)C3)c12.O=C(O)c1cnn(Cc2ccccc2)c1. The van der Waals surface area contributed by atoms with Gasteiger partial charge in [0, 0.05) is 74.8 Å². The van der Waals surface area contributed by atoms with Gasteiger partial charge in [0.05, 0.1) is 69.5 Å². The molecule has 17 nitrogen and oxygen atoms in total. The summed E-state index contributed by atoms with van der Waals surface area (Å²) < 4.78 is 3.40. The Hall–Kier alpha value is -7.21. The molecule has 2 aliphatic heterocycles. The first kappa shape index (κ1) is 44.0. The van der Waals surface area contributed by atoms with Crippen LogP contribution in [0.4, 0.5) is 17.1 Å². The van der Waals surface area contributed by atoms with Crippen molar-refractivity contribution >= 4 is 62.6 Å². The zero-order valence-electron chi connectivity index (χ0n) is 36.4. The monoisotopic (exact) mass is 908 g/mol. The Morgan fingerprint density at radius 3 is 2.02 bits per heavy atom. The third kappa shape index (κ3) is 9.59. The maximum atomic E-state index is 12.4. The summed E-state index contributed by atoms with van der Waals surface area (Å²) in [5.41, 5.74) is 34.0. The molecule has 0 bridgehead atoms. The predicted molar refractivity (Wildman–Crippen MR) is 258 cm³/mol. The summed E-state index contributed by atoms with van der Waals surface area (Å²) in [6, 6.07) is 20.2. The average molecular weight is 909 g/mol. The first-order chi connectivity index (χ1) is 32.0. The second-order valence-electron chi connectivity index (χ2n) is 17.2. The maximum Gasteiger partial charge on any atom is 0.338 e. The number of nitrogen functional groups attached to an aromatic ring is 1. The molecule has 0 radical (unpaired) electrons. The zero-order chi connectivity index (χ0) is 45.9. The van der Waals surface area contributed by atoms with Crippen LogP contribution in [0.5, 0.6) is 0 Å². The number of amides is 1. The van der Waals surface area contributed by atoms with E-state index in [1.807, 2.05) is 73.1 Å². The Morgan fingerprint density at radius 2 is 1.39 bits per heavy atom. The van der Waals surface area contributed by atoms with Crippen molar-refractivity contribution in [3.63, 3.8) is 0 Å². The Bertz CT molecular complexity index is 2980. The van der Waals surface area contributed by atoms with Crippen molar-refractivity contribution < 1.29 is 14.7 Å². The summed E-state index contributed by atoms with van der Waals surface area (Å²) in [7, 11) is 0. The Balaban J connectivity index is 0.000000142. The van der Waals surface area contributed by atoms with Crippen LogP contribution in [0.1, 0.15) is 75.4 Å². The lowest BCUT2D eigenvalue weighted by atomic mass is 9.99. The molecule has 11 N–H and O–H groups in total. The molecule has 3 aliphatic rings. The van der Waals surface area contributed by atoms with Crippen molar-refractivity contribution in [3.8, 4) is 11.3 Å². The number of carbonyl (C=O) groups is 2. The van der Waals surface area contributed by atoms with Crippen molar-refractivity contribution in [1.29, 1.82) is 0 Å². The lowest BCUT2D eigenvalue weighted by Crippen LogP contribution is -2.43. The van der Waals surface area contributed by atoms with E-state index in [2.05, 4.69) is 29.9 Å². The number of aromatic carboxylic acids is 1. The van der Waals surface area contributed by atoms with Gasteiger partial charge in [-0.3, -0.25) is 14.2 Å². The molecular formula is C48H53ClN14O3. The molecule has 2 aromatic carbocycles. The van der Waals surface area contributed by atoms with E-state index < -0.39 is 11.9 Å². The van der Waals surface area contributed by atoms with E-state index in [4.69, 9.17) is 49.7 Å². The van der Waals surface area contributed by atoms with Gasteiger partial charge in [-0.05, 0) is 54.7 Å². The second-order valence-corrected chi connectivity index (χ2v) is 17.6. The van der Waals surface area contributed by atoms with E-state index in [0.29, 0.717) is 41.0 Å². The number of carbonyl (C=O) groups excluding carboxylic acids is 1. The number of piperidine rings is 1. The minimum absolute atomic E-state index is 0.151. The molecule has 1 saturated carbocycles. The van der Waals surface area contributed by atoms with E-state index in [1.54, 1.807) is 28.0 Å². The fourth-order valence-corrected chi connectivity index (χ4v) is 9.15. The highest BCUT2D eigenvalue weighted by atomic mass is 35.5. The van der Waals surface area contributed by atoms with Gasteiger partial charge in [-0.15, -0.1) is 0 Å². The molecular weight excluding hydrogens is 856 g/mol. The molecule has 1 amide bonds. The summed E-state index contributed by atoms with van der Waals surface area (Å²) in [5.74, 6) is -0.912. The molecule has 6 aromatic heterocycles. The van der Waals surface area contributed by atoms with Crippen molar-refractivity contribution in [2.24, 2.45) is 17.2 Å². The van der Waals surface area contributed by atoms with Gasteiger partial charge in [0.2, 0.25) is 0 Å². The van der Waals surface area contributed by atoms with Crippen LogP contribution < -0.4 is 32.7 Å². The summed E-state index contributed by atoms with van der Waals surface area (Å²) in [6.45, 7) is 4.64. The van der Waals surface area contributed by atoms with Crippen LogP contribution in [0.15, 0.2) is 104 Å². The van der Waals surface area contributed by atoms with Crippen LogP contribution in [-0.2, 0) is 13.1 Å². The first-order valence-corrected chi connectivity index (χ1v) is 22.5. The zero-order valence-corrected chi connectivity index (χ0v) is 37.1. The van der Waals surface area contributed by atoms with Crippen LogP contribution in [-0.4, -0.2) is 94.7 Å². The van der Waals surface area contributed by atoms with Gasteiger partial charge in [0.1, 0.15) is 17.0 Å². The second kappa shape index (κ2) is 19.1. The number of hydrogen-bond acceptors (Lipinski definition) is 11. The van der Waals surface area contributed by atoms with Crippen molar-refractivity contribution in [2.45, 2.75) is 63.2 Å². The molecule has 66 heavy (non-hydrogen) atoms. The highest BCUT2D eigenvalue weighted by molar-refractivity contribution is 6.35. The largest absolute Gasteiger partial charge is 0.478 e. The lowest BCUT2D eigenvalue weighted by Gasteiger charge is -2.34. The van der Waals surface area contributed by atoms with Gasteiger partial charge >= 0.3 is 5.97 Å². The van der Waals surface area contributed by atoms with Crippen molar-refractivity contribution in [3.05, 3.63) is 137 Å². The first-order valence-electron chi connectivity index (χ1n) is 22.1. The number of nitrogens with two attached hydrogens (primary N) is 4. The normalized spacial score (nSPS) is 17.1. The predicted octanol–water partition coefficient (Wildman–Crippen LogP) is 6.34. The van der Waals surface area contributed by atoms with Gasteiger partial charge in [-0.1, -0.05) is 72.3 Å². The summed E-state index contributed by atoms with van der Waals surface area (Å²) >= 11 is 6.25. The average Bonchev–Trinajstić information content (AvgIpc) is 3.76. The summed E-state index contributed by atoms with van der Waals surface area (Å²) in [6.07, 6.45) is 17.4. The Morgan fingerprint density at radius 1 is 0.758 bits per heavy atom. The van der Waals surface area contributed by atoms with Gasteiger partial charge in [0.25, 0.3) is 5.91 Å². The number of halogens is 1. The van der Waals surface area contributed by atoms with Crippen molar-refractivity contribution in [2.75, 3.05) is 41.7 Å². The number of aromatic amines is 2. The topological polar surface area (TPSA) is 258 Å². The molecule has 0 spiro atoms. The van der Waals surface area contributed by atoms with E-state index in [-0.39, 0.29) is 17.6 Å².